The van der Waals surface area contributed by atoms with Crippen LogP contribution in [0.4, 0.5) is 10.2 Å². The number of pyridine rings is 1. The van der Waals surface area contributed by atoms with Crippen molar-refractivity contribution in [2.45, 2.75) is 62.2 Å². The first-order valence-electron chi connectivity index (χ1n) is 15.1. The molecule has 4 aliphatic heterocycles. The van der Waals surface area contributed by atoms with Crippen LogP contribution < -0.4 is 15.0 Å². The number of nitrogens with one attached hydrogen (secondary N) is 1. The van der Waals surface area contributed by atoms with Crippen molar-refractivity contribution in [1.29, 1.82) is 0 Å². The summed E-state index contributed by atoms with van der Waals surface area (Å²) < 4.78 is 23.0. The summed E-state index contributed by atoms with van der Waals surface area (Å²) in [7, 11) is 0. The van der Waals surface area contributed by atoms with Crippen molar-refractivity contribution in [2.75, 3.05) is 37.7 Å². The zero-order valence-electron chi connectivity index (χ0n) is 23.4. The van der Waals surface area contributed by atoms with Gasteiger partial charge in [-0.2, -0.15) is 9.97 Å². The first-order valence-corrected chi connectivity index (χ1v) is 15.5. The Bertz CT molecular complexity index is 1670. The van der Waals surface area contributed by atoms with Gasteiger partial charge < -0.3 is 20.1 Å². The summed E-state index contributed by atoms with van der Waals surface area (Å²) in [5.41, 5.74) is 0.901. The number of halogens is 2. The Hall–Kier alpha value is -3.11. The summed E-state index contributed by atoms with van der Waals surface area (Å²) in [6.07, 6.45) is 7.94. The van der Waals surface area contributed by atoms with Crippen molar-refractivity contribution in [2.24, 2.45) is 0 Å². The first-order chi connectivity index (χ1) is 20.5. The SMILES string of the molecule is OCC1CCC2(COc3nc(N4C[C@H]5CC[C@@H](C4)N5)c4cnc(-c5cccc6cccc(Cl)c56)c(F)c4n3)CCCN12. The molecular weight excluding hydrogens is 555 g/mol. The quantitative estimate of drug-likeness (QED) is 0.327. The van der Waals surface area contributed by atoms with Crippen LogP contribution in [-0.4, -0.2) is 81.5 Å². The molecule has 8 nitrogen and oxygen atoms in total. The molecule has 0 saturated carbocycles. The summed E-state index contributed by atoms with van der Waals surface area (Å²) in [6.45, 7) is 3.11. The van der Waals surface area contributed by atoms with E-state index >= 15 is 4.39 Å². The van der Waals surface area contributed by atoms with E-state index in [4.69, 9.17) is 26.3 Å². The smallest absolute Gasteiger partial charge is 0.319 e. The second-order valence-corrected chi connectivity index (χ2v) is 12.8. The van der Waals surface area contributed by atoms with Gasteiger partial charge in [0.2, 0.25) is 0 Å². The summed E-state index contributed by atoms with van der Waals surface area (Å²) in [4.78, 5) is 18.9. The number of ether oxygens (including phenoxy) is 1. The lowest BCUT2D eigenvalue weighted by atomic mass is 9.95. The minimum atomic E-state index is -0.506. The molecular formula is C32H34ClFN6O2. The maximum atomic E-state index is 16.6. The fraction of sp³-hybridized carbons (Fsp3) is 0.469. The van der Waals surface area contributed by atoms with E-state index in [-0.39, 0.29) is 35.4 Å². The van der Waals surface area contributed by atoms with E-state index in [9.17, 15) is 5.11 Å². The van der Waals surface area contributed by atoms with Crippen LogP contribution in [0.15, 0.2) is 42.6 Å². The van der Waals surface area contributed by atoms with Gasteiger partial charge in [0.25, 0.3) is 0 Å². The van der Waals surface area contributed by atoms with Crippen LogP contribution in [-0.2, 0) is 0 Å². The topological polar surface area (TPSA) is 86.6 Å². The number of nitrogens with zero attached hydrogens (tertiary/aromatic N) is 5. The van der Waals surface area contributed by atoms with Gasteiger partial charge in [-0.05, 0) is 56.5 Å². The van der Waals surface area contributed by atoms with Crippen molar-refractivity contribution < 1.29 is 14.2 Å². The summed E-state index contributed by atoms with van der Waals surface area (Å²) in [5, 5.41) is 16.4. The number of aliphatic hydroxyl groups is 1. The number of hydrogen-bond acceptors (Lipinski definition) is 8. The maximum absolute atomic E-state index is 16.6. The van der Waals surface area contributed by atoms with E-state index in [1.165, 1.54) is 0 Å². The third-order valence-corrected chi connectivity index (χ3v) is 10.3. The minimum Gasteiger partial charge on any atom is -0.461 e. The zero-order valence-corrected chi connectivity index (χ0v) is 24.2. The Morgan fingerprint density at radius 3 is 2.69 bits per heavy atom. The zero-order chi connectivity index (χ0) is 28.4. The second kappa shape index (κ2) is 10.3. The molecule has 2 bridgehead atoms. The Kier molecular flexibility index (Phi) is 6.48. The summed E-state index contributed by atoms with van der Waals surface area (Å²) >= 11 is 6.61. The van der Waals surface area contributed by atoms with Crippen LogP contribution >= 0.6 is 11.6 Å². The van der Waals surface area contributed by atoms with E-state index in [1.54, 1.807) is 6.20 Å². The maximum Gasteiger partial charge on any atom is 0.319 e. The highest BCUT2D eigenvalue weighted by atomic mass is 35.5. The van der Waals surface area contributed by atoms with E-state index in [2.05, 4.69) is 20.1 Å². The van der Waals surface area contributed by atoms with Crippen molar-refractivity contribution >= 4 is 39.1 Å². The third-order valence-electron chi connectivity index (χ3n) is 9.98. The molecule has 6 heterocycles. The van der Waals surface area contributed by atoms with Gasteiger partial charge in [-0.1, -0.05) is 41.9 Å². The number of rotatable bonds is 6. The molecule has 42 heavy (non-hydrogen) atoms. The average Bonchev–Trinajstić information content (AvgIpc) is 3.68. The van der Waals surface area contributed by atoms with Crippen molar-refractivity contribution in [3.05, 3.63) is 53.4 Å². The Morgan fingerprint density at radius 1 is 1.07 bits per heavy atom. The van der Waals surface area contributed by atoms with Crippen LogP contribution in [0.25, 0.3) is 32.9 Å². The molecule has 0 spiro atoms. The van der Waals surface area contributed by atoms with E-state index < -0.39 is 5.82 Å². The Balaban J connectivity index is 1.23. The van der Waals surface area contributed by atoms with Crippen molar-refractivity contribution in [3.63, 3.8) is 0 Å². The Morgan fingerprint density at radius 2 is 1.88 bits per heavy atom. The van der Waals surface area contributed by atoms with Gasteiger partial charge in [-0.15, -0.1) is 0 Å². The largest absolute Gasteiger partial charge is 0.461 e. The van der Waals surface area contributed by atoms with Gasteiger partial charge in [-0.25, -0.2) is 4.39 Å². The van der Waals surface area contributed by atoms with Gasteiger partial charge in [0, 0.05) is 53.4 Å². The number of aliphatic hydroxyl groups excluding tert-OH is 1. The molecule has 2 aromatic heterocycles. The highest BCUT2D eigenvalue weighted by molar-refractivity contribution is 6.36. The van der Waals surface area contributed by atoms with E-state index in [0.29, 0.717) is 40.5 Å². The van der Waals surface area contributed by atoms with Crippen LogP contribution in [0.5, 0.6) is 6.01 Å². The van der Waals surface area contributed by atoms with Crippen LogP contribution in [0, 0.1) is 5.82 Å². The van der Waals surface area contributed by atoms with E-state index in [0.717, 1.165) is 68.9 Å². The Labute approximate surface area is 248 Å². The van der Waals surface area contributed by atoms with Crippen molar-refractivity contribution in [1.82, 2.24) is 25.2 Å². The molecule has 0 radical (unpaired) electrons. The highest BCUT2D eigenvalue weighted by Crippen LogP contribution is 2.43. The molecule has 2 unspecified atom stereocenters. The lowest BCUT2D eigenvalue weighted by Crippen LogP contribution is -2.51. The molecule has 4 aliphatic rings. The van der Waals surface area contributed by atoms with Crippen LogP contribution in [0.3, 0.4) is 0 Å². The first kappa shape index (κ1) is 26.5. The third kappa shape index (κ3) is 4.24. The molecule has 0 aliphatic carbocycles. The van der Waals surface area contributed by atoms with Crippen molar-refractivity contribution in [3.8, 4) is 17.3 Å². The predicted molar refractivity (Wildman–Crippen MR) is 162 cm³/mol. The fourth-order valence-electron chi connectivity index (χ4n) is 7.98. The number of aromatic nitrogens is 3. The summed E-state index contributed by atoms with van der Waals surface area (Å²) in [5.74, 6) is 0.163. The number of fused-ring (bicyclic) bond motifs is 5. The van der Waals surface area contributed by atoms with Crippen LogP contribution in [0.2, 0.25) is 5.02 Å². The molecule has 4 saturated heterocycles. The highest BCUT2D eigenvalue weighted by Gasteiger charge is 2.49. The lowest BCUT2D eigenvalue weighted by Gasteiger charge is -2.35. The van der Waals surface area contributed by atoms with Crippen LogP contribution in [0.1, 0.15) is 38.5 Å². The molecule has 4 aromatic rings. The van der Waals surface area contributed by atoms with Gasteiger partial charge in [-0.3, -0.25) is 9.88 Å². The molecule has 218 valence electrons. The van der Waals surface area contributed by atoms with Gasteiger partial charge in [0.05, 0.1) is 17.5 Å². The summed E-state index contributed by atoms with van der Waals surface area (Å²) in [6, 6.07) is 12.5. The second-order valence-electron chi connectivity index (χ2n) is 12.4. The number of piperazine rings is 1. The minimum absolute atomic E-state index is 0.137. The lowest BCUT2D eigenvalue weighted by molar-refractivity contribution is 0.0644. The number of hydrogen-bond donors (Lipinski definition) is 2. The number of anilines is 1. The van der Waals surface area contributed by atoms with Gasteiger partial charge >= 0.3 is 6.01 Å². The predicted octanol–water partition coefficient (Wildman–Crippen LogP) is 4.95. The molecule has 2 N–H and O–H groups in total. The molecule has 4 fully saturated rings. The molecule has 10 heteroatoms. The number of benzene rings is 2. The average molecular weight is 589 g/mol. The monoisotopic (exact) mass is 588 g/mol. The normalized spacial score (nSPS) is 27.3. The standard InChI is InChI=1S/C32H34ClFN6O2/c33-25-7-2-5-19-4-1-6-23(26(19)25)28-27(34)29-24(14-35-28)30(39-15-20-8-9-21(16-39)36-20)38-31(37-29)42-18-32-11-3-13-40(32)22(17-41)10-12-32/h1-2,4-7,14,20-22,36,41H,3,8-13,15-18H2/t20-,21+,22?,32?. The molecule has 0 amide bonds. The molecule has 8 rings (SSSR count). The van der Waals surface area contributed by atoms with E-state index in [1.807, 2.05) is 36.4 Å². The molecule has 4 atom stereocenters. The van der Waals surface area contributed by atoms with Gasteiger partial charge in [0.15, 0.2) is 5.82 Å². The molecule has 2 aromatic carbocycles. The fourth-order valence-corrected chi connectivity index (χ4v) is 8.27. The van der Waals surface area contributed by atoms with Gasteiger partial charge in [0.1, 0.15) is 23.6 Å².